The van der Waals surface area contributed by atoms with Crippen LogP contribution in [0.25, 0.3) is 0 Å². The van der Waals surface area contributed by atoms with E-state index in [-0.39, 0.29) is 5.91 Å². The average molecular weight is 297 g/mol. The molecular formula is C19H23NO2. The van der Waals surface area contributed by atoms with Crippen molar-refractivity contribution in [1.29, 1.82) is 0 Å². The number of aryl methyl sites for hydroxylation is 1. The number of hydrogen-bond donors (Lipinski definition) is 1. The molecule has 1 amide bonds. The maximum absolute atomic E-state index is 12.2. The number of carbonyl (C=O) groups is 1. The Labute approximate surface area is 132 Å². The molecule has 2 aromatic carbocycles. The van der Waals surface area contributed by atoms with E-state index in [1.165, 1.54) is 0 Å². The third-order valence-corrected chi connectivity index (χ3v) is 3.53. The van der Waals surface area contributed by atoms with Gasteiger partial charge in [-0.25, -0.2) is 0 Å². The zero-order chi connectivity index (χ0) is 16.1. The zero-order valence-corrected chi connectivity index (χ0v) is 13.6. The minimum Gasteiger partial charge on any atom is -0.481 e. The van der Waals surface area contributed by atoms with Crippen LogP contribution in [0.5, 0.6) is 5.75 Å². The second-order valence-corrected chi connectivity index (χ2v) is 5.81. The highest BCUT2D eigenvalue weighted by Gasteiger charge is 2.17. The van der Waals surface area contributed by atoms with Gasteiger partial charge >= 0.3 is 0 Å². The summed E-state index contributed by atoms with van der Waals surface area (Å²) in [6.45, 7) is 8.00. The number of ether oxygens (including phenoxy) is 1. The predicted molar refractivity (Wildman–Crippen MR) is 90.4 cm³/mol. The molecule has 1 atom stereocenters. The Kier molecular flexibility index (Phi) is 5.21. The summed E-state index contributed by atoms with van der Waals surface area (Å²) in [7, 11) is 0. The Balaban J connectivity index is 2.04. The lowest BCUT2D eigenvalue weighted by molar-refractivity contribution is -0.122. The summed E-state index contributed by atoms with van der Waals surface area (Å²) in [5.74, 6) is 0.968. The molecule has 1 unspecified atom stereocenters. The van der Waals surface area contributed by atoms with Crippen molar-refractivity contribution in [3.05, 3.63) is 59.7 Å². The van der Waals surface area contributed by atoms with Gasteiger partial charge in [0.2, 0.25) is 0 Å². The monoisotopic (exact) mass is 297 g/mol. The fourth-order valence-electron chi connectivity index (χ4n) is 2.19. The molecule has 116 valence electrons. The maximum Gasteiger partial charge on any atom is 0.265 e. The Bertz CT molecular complexity index is 632. The standard InChI is InChI=1S/C19H23NO2/c1-13(2)17-7-5-6-8-18(17)22-15(4)19(21)20-16-11-9-14(3)10-12-16/h5-13,15H,1-4H3,(H,20,21). The van der Waals surface area contributed by atoms with Crippen LogP contribution in [0.4, 0.5) is 5.69 Å². The number of para-hydroxylation sites is 1. The molecular weight excluding hydrogens is 274 g/mol. The summed E-state index contributed by atoms with van der Waals surface area (Å²) >= 11 is 0. The Morgan fingerprint density at radius 1 is 1.00 bits per heavy atom. The largest absolute Gasteiger partial charge is 0.481 e. The van der Waals surface area contributed by atoms with Crippen molar-refractivity contribution in [1.82, 2.24) is 0 Å². The quantitative estimate of drug-likeness (QED) is 0.881. The predicted octanol–water partition coefficient (Wildman–Crippen LogP) is 4.52. The number of anilines is 1. The molecule has 0 saturated heterocycles. The van der Waals surface area contributed by atoms with Gasteiger partial charge in [0.25, 0.3) is 5.91 Å². The number of amides is 1. The van der Waals surface area contributed by atoms with E-state index in [1.807, 2.05) is 55.5 Å². The summed E-state index contributed by atoms with van der Waals surface area (Å²) in [5, 5.41) is 2.87. The average Bonchev–Trinajstić information content (AvgIpc) is 2.49. The van der Waals surface area contributed by atoms with E-state index >= 15 is 0 Å². The van der Waals surface area contributed by atoms with Gasteiger partial charge < -0.3 is 10.1 Å². The number of benzene rings is 2. The Morgan fingerprint density at radius 3 is 2.27 bits per heavy atom. The van der Waals surface area contributed by atoms with Gasteiger partial charge in [0, 0.05) is 5.69 Å². The topological polar surface area (TPSA) is 38.3 Å². The molecule has 0 aliphatic rings. The van der Waals surface area contributed by atoms with Gasteiger partial charge in [0.1, 0.15) is 5.75 Å². The fraction of sp³-hybridized carbons (Fsp3) is 0.316. The van der Waals surface area contributed by atoms with E-state index in [9.17, 15) is 4.79 Å². The first-order chi connectivity index (χ1) is 10.5. The lowest BCUT2D eigenvalue weighted by Crippen LogP contribution is -2.30. The molecule has 3 nitrogen and oxygen atoms in total. The summed E-state index contributed by atoms with van der Waals surface area (Å²) in [5.41, 5.74) is 3.05. The molecule has 1 N–H and O–H groups in total. The van der Waals surface area contributed by atoms with Crippen molar-refractivity contribution in [2.75, 3.05) is 5.32 Å². The molecule has 0 radical (unpaired) electrons. The number of nitrogens with one attached hydrogen (secondary N) is 1. The van der Waals surface area contributed by atoms with Crippen LogP contribution in [0, 0.1) is 6.92 Å². The molecule has 0 saturated carbocycles. The van der Waals surface area contributed by atoms with Crippen LogP contribution in [-0.4, -0.2) is 12.0 Å². The van der Waals surface area contributed by atoms with Crippen molar-refractivity contribution < 1.29 is 9.53 Å². The molecule has 3 heteroatoms. The van der Waals surface area contributed by atoms with Crippen molar-refractivity contribution >= 4 is 11.6 Å². The van der Waals surface area contributed by atoms with E-state index in [4.69, 9.17) is 4.74 Å². The molecule has 22 heavy (non-hydrogen) atoms. The van der Waals surface area contributed by atoms with Crippen molar-refractivity contribution in [3.63, 3.8) is 0 Å². The van der Waals surface area contributed by atoms with Crippen LogP contribution >= 0.6 is 0 Å². The molecule has 0 aromatic heterocycles. The summed E-state index contributed by atoms with van der Waals surface area (Å²) in [4.78, 5) is 12.2. The first-order valence-corrected chi connectivity index (χ1v) is 7.60. The van der Waals surface area contributed by atoms with Gasteiger partial charge in [0.15, 0.2) is 6.10 Å². The first-order valence-electron chi connectivity index (χ1n) is 7.60. The smallest absolute Gasteiger partial charge is 0.265 e. The van der Waals surface area contributed by atoms with Gasteiger partial charge in [-0.15, -0.1) is 0 Å². The molecule has 0 heterocycles. The zero-order valence-electron chi connectivity index (χ0n) is 13.6. The van der Waals surface area contributed by atoms with Crippen LogP contribution in [0.2, 0.25) is 0 Å². The minimum atomic E-state index is -0.554. The van der Waals surface area contributed by atoms with Crippen LogP contribution in [-0.2, 0) is 4.79 Å². The SMILES string of the molecule is Cc1ccc(NC(=O)C(C)Oc2ccccc2C(C)C)cc1. The van der Waals surface area contributed by atoms with Crippen molar-refractivity contribution in [2.45, 2.75) is 39.7 Å². The highest BCUT2D eigenvalue weighted by atomic mass is 16.5. The Hall–Kier alpha value is -2.29. The molecule has 0 spiro atoms. The molecule has 0 aliphatic heterocycles. The molecule has 0 fully saturated rings. The van der Waals surface area contributed by atoms with Crippen molar-refractivity contribution in [3.8, 4) is 5.75 Å². The molecule has 2 aromatic rings. The van der Waals surface area contributed by atoms with Crippen LogP contribution in [0.1, 0.15) is 37.8 Å². The fourth-order valence-corrected chi connectivity index (χ4v) is 2.19. The van der Waals surface area contributed by atoms with Gasteiger partial charge in [-0.1, -0.05) is 49.7 Å². The molecule has 0 aliphatic carbocycles. The normalized spacial score (nSPS) is 12.0. The number of rotatable bonds is 5. The second-order valence-electron chi connectivity index (χ2n) is 5.81. The first kappa shape index (κ1) is 16.1. The van der Waals surface area contributed by atoms with Crippen molar-refractivity contribution in [2.24, 2.45) is 0 Å². The highest BCUT2D eigenvalue weighted by molar-refractivity contribution is 5.94. The van der Waals surface area contributed by atoms with E-state index < -0.39 is 6.10 Å². The number of hydrogen-bond acceptors (Lipinski definition) is 2. The minimum absolute atomic E-state index is 0.151. The summed E-state index contributed by atoms with van der Waals surface area (Å²) < 4.78 is 5.85. The van der Waals surface area contributed by atoms with Gasteiger partial charge in [-0.3, -0.25) is 4.79 Å². The lowest BCUT2D eigenvalue weighted by atomic mass is 10.0. The molecule has 2 rings (SSSR count). The van der Waals surface area contributed by atoms with E-state index in [0.29, 0.717) is 5.92 Å². The van der Waals surface area contributed by atoms with Crippen LogP contribution < -0.4 is 10.1 Å². The van der Waals surface area contributed by atoms with E-state index in [0.717, 1.165) is 22.6 Å². The third kappa shape index (κ3) is 4.10. The maximum atomic E-state index is 12.2. The van der Waals surface area contributed by atoms with E-state index in [1.54, 1.807) is 6.92 Å². The van der Waals surface area contributed by atoms with Crippen LogP contribution in [0.15, 0.2) is 48.5 Å². The van der Waals surface area contributed by atoms with Gasteiger partial charge in [-0.2, -0.15) is 0 Å². The van der Waals surface area contributed by atoms with Gasteiger partial charge in [0.05, 0.1) is 0 Å². The van der Waals surface area contributed by atoms with Gasteiger partial charge in [-0.05, 0) is 43.5 Å². The third-order valence-electron chi connectivity index (χ3n) is 3.53. The van der Waals surface area contributed by atoms with Crippen LogP contribution in [0.3, 0.4) is 0 Å². The van der Waals surface area contributed by atoms with E-state index in [2.05, 4.69) is 19.2 Å². The number of carbonyl (C=O) groups excluding carboxylic acids is 1. The Morgan fingerprint density at radius 2 is 1.64 bits per heavy atom. The second kappa shape index (κ2) is 7.12. The summed E-state index contributed by atoms with van der Waals surface area (Å²) in [6.07, 6.45) is -0.554. The molecule has 0 bridgehead atoms. The lowest BCUT2D eigenvalue weighted by Gasteiger charge is -2.18. The highest BCUT2D eigenvalue weighted by Crippen LogP contribution is 2.26. The summed E-state index contributed by atoms with van der Waals surface area (Å²) in [6, 6.07) is 15.6.